The largest absolute Gasteiger partial charge is 0.239 e. The highest BCUT2D eigenvalue weighted by Gasteiger charge is 2.18. The fraction of sp³-hybridized carbons (Fsp3) is 0. The molecule has 1 heterocycles. The predicted octanol–water partition coefficient (Wildman–Crippen LogP) is 16.0. The average Bonchev–Trinajstić information content (AvgIpc) is 3.59. The van der Waals surface area contributed by atoms with E-state index >= 15 is 0 Å². The van der Waals surface area contributed by atoms with Crippen LogP contribution in [0.1, 0.15) is 0 Å². The molecule has 0 aliphatic heterocycles. The topological polar surface area (TPSA) is 8.72 Å². The van der Waals surface area contributed by atoms with Gasteiger partial charge in [-0.2, -0.15) is 0 Å². The third-order valence-electron chi connectivity index (χ3n) is 11.7. The molecular weight excluding hydrogens is 685 g/mol. The molecule has 0 aliphatic carbocycles. The first-order chi connectivity index (χ1) is 27.1. The summed E-state index contributed by atoms with van der Waals surface area (Å²) in [4.78, 5) is 7.34. The number of benzene rings is 11. The van der Waals surface area contributed by atoms with Gasteiger partial charge in [0.05, 0.1) is 13.1 Å². The SMILES string of the molecule is [C-]#[N+]c1cc([N+]#[C-])cc(-c2ccc3ccc4c(-c5ccc6c(c5)c5ccccc5c5cc7c(cc65)sc5cc6ccccc6cc57)ccc5ccc2c3c54)c1. The zero-order valence-corrected chi connectivity index (χ0v) is 30.1. The Labute approximate surface area is 319 Å². The predicted molar refractivity (Wildman–Crippen MR) is 236 cm³/mol. The molecule has 250 valence electrons. The standard InChI is InChI=1S/C52H26N2S/c1-53-35-21-34(22-36(26-35)54-2)38-17-12-30-13-19-42-37(16-11-29-14-20-43(38)52(30)51(29)42)33-15-18-41-44(24-33)39-9-5-6-10-40(39)45-27-48-47-23-31-7-3-4-8-32(31)25-49(47)55-50(48)28-46(41)45/h3-28H. The molecule has 0 N–H and O–H groups in total. The molecule has 3 heteroatoms. The van der Waals surface area contributed by atoms with E-state index in [0.717, 1.165) is 16.5 Å². The molecule has 0 atom stereocenters. The molecule has 0 radical (unpaired) electrons. The van der Waals surface area contributed by atoms with Gasteiger partial charge >= 0.3 is 0 Å². The lowest BCUT2D eigenvalue weighted by atomic mass is 9.86. The summed E-state index contributed by atoms with van der Waals surface area (Å²) in [5.74, 6) is 0. The van der Waals surface area contributed by atoms with Gasteiger partial charge in [-0.3, -0.25) is 0 Å². The van der Waals surface area contributed by atoms with E-state index in [1.807, 2.05) is 23.5 Å². The van der Waals surface area contributed by atoms with Crippen molar-refractivity contribution in [3.05, 3.63) is 181 Å². The van der Waals surface area contributed by atoms with Gasteiger partial charge in [0, 0.05) is 20.2 Å². The highest BCUT2D eigenvalue weighted by molar-refractivity contribution is 7.26. The van der Waals surface area contributed by atoms with Gasteiger partial charge in [0.2, 0.25) is 0 Å². The lowest BCUT2D eigenvalue weighted by Gasteiger charge is -2.17. The molecule has 12 aromatic rings. The lowest BCUT2D eigenvalue weighted by molar-refractivity contribution is 1.67. The van der Waals surface area contributed by atoms with Crippen LogP contribution in [0.15, 0.2) is 158 Å². The Hall–Kier alpha value is -7.30. The highest BCUT2D eigenvalue weighted by atomic mass is 32.1. The second-order valence-corrected chi connectivity index (χ2v) is 15.7. The van der Waals surface area contributed by atoms with E-state index < -0.39 is 0 Å². The molecule has 0 aliphatic rings. The van der Waals surface area contributed by atoms with Crippen LogP contribution in [0.4, 0.5) is 11.4 Å². The first kappa shape index (κ1) is 30.2. The maximum Gasteiger partial charge on any atom is 0.177 e. The molecule has 0 bridgehead atoms. The minimum absolute atomic E-state index is 0.481. The van der Waals surface area contributed by atoms with Gasteiger partial charge in [-0.25, -0.2) is 9.69 Å². The summed E-state index contributed by atoms with van der Waals surface area (Å²) >= 11 is 1.89. The second kappa shape index (κ2) is 11.1. The van der Waals surface area contributed by atoms with Crippen LogP contribution in [0, 0.1) is 13.1 Å². The van der Waals surface area contributed by atoms with Crippen LogP contribution in [0.25, 0.3) is 128 Å². The molecule has 0 amide bonds. The van der Waals surface area contributed by atoms with E-state index in [0.29, 0.717) is 11.4 Å². The van der Waals surface area contributed by atoms with Crippen molar-refractivity contribution in [3.8, 4) is 22.3 Å². The maximum absolute atomic E-state index is 7.65. The smallest absolute Gasteiger partial charge is 0.177 e. The van der Waals surface area contributed by atoms with Crippen LogP contribution >= 0.6 is 11.3 Å². The fourth-order valence-corrected chi connectivity index (χ4v) is 10.4. The van der Waals surface area contributed by atoms with Crippen molar-refractivity contribution in [1.29, 1.82) is 0 Å². The first-order valence-electron chi connectivity index (χ1n) is 18.4. The van der Waals surface area contributed by atoms with Crippen LogP contribution in [0.5, 0.6) is 0 Å². The molecule has 0 unspecified atom stereocenters. The normalized spacial score (nSPS) is 12.0. The number of nitrogens with zero attached hydrogens (tertiary/aromatic N) is 2. The zero-order chi connectivity index (χ0) is 36.4. The van der Waals surface area contributed by atoms with Gasteiger partial charge in [0.25, 0.3) is 0 Å². The van der Waals surface area contributed by atoms with Crippen molar-refractivity contribution in [2.24, 2.45) is 0 Å². The summed E-state index contributed by atoms with van der Waals surface area (Å²) in [7, 11) is 0. The van der Waals surface area contributed by atoms with Gasteiger partial charge in [-0.1, -0.05) is 127 Å². The Morgan fingerprint density at radius 1 is 0.327 bits per heavy atom. The van der Waals surface area contributed by atoms with E-state index in [-0.39, 0.29) is 0 Å². The van der Waals surface area contributed by atoms with Crippen molar-refractivity contribution in [3.63, 3.8) is 0 Å². The fourth-order valence-electron chi connectivity index (χ4n) is 9.26. The monoisotopic (exact) mass is 710 g/mol. The molecular formula is C52H26N2S. The number of hydrogen-bond donors (Lipinski definition) is 0. The van der Waals surface area contributed by atoms with Crippen molar-refractivity contribution in [2.45, 2.75) is 0 Å². The van der Waals surface area contributed by atoms with Crippen LogP contribution < -0.4 is 0 Å². The summed E-state index contributed by atoms with van der Waals surface area (Å²) in [6, 6.07) is 57.4. The molecule has 0 saturated carbocycles. The molecule has 12 rings (SSSR count). The van der Waals surface area contributed by atoms with Gasteiger partial charge in [-0.05, 0) is 128 Å². The Morgan fingerprint density at radius 2 is 0.836 bits per heavy atom. The quantitative estimate of drug-likeness (QED) is 0.125. The van der Waals surface area contributed by atoms with Crippen LogP contribution in [-0.2, 0) is 0 Å². The average molecular weight is 711 g/mol. The van der Waals surface area contributed by atoms with Crippen molar-refractivity contribution in [1.82, 2.24) is 0 Å². The highest BCUT2D eigenvalue weighted by Crippen LogP contribution is 2.46. The van der Waals surface area contributed by atoms with Crippen molar-refractivity contribution < 1.29 is 0 Å². The van der Waals surface area contributed by atoms with Crippen molar-refractivity contribution >= 4 is 118 Å². The van der Waals surface area contributed by atoms with E-state index in [1.54, 1.807) is 6.07 Å². The van der Waals surface area contributed by atoms with Crippen LogP contribution in [-0.4, -0.2) is 0 Å². The molecule has 0 spiro atoms. The van der Waals surface area contributed by atoms with E-state index in [9.17, 15) is 0 Å². The van der Waals surface area contributed by atoms with Crippen molar-refractivity contribution in [2.75, 3.05) is 0 Å². The van der Waals surface area contributed by atoms with Gasteiger partial charge in [0.1, 0.15) is 0 Å². The van der Waals surface area contributed by atoms with E-state index in [4.69, 9.17) is 13.1 Å². The summed E-state index contributed by atoms with van der Waals surface area (Å²) in [5.41, 5.74) is 5.29. The summed E-state index contributed by atoms with van der Waals surface area (Å²) in [6.45, 7) is 15.3. The van der Waals surface area contributed by atoms with E-state index in [2.05, 4.69) is 149 Å². The Balaban J connectivity index is 1.10. The van der Waals surface area contributed by atoms with Gasteiger partial charge in [0.15, 0.2) is 11.4 Å². The minimum atomic E-state index is 0.481. The third-order valence-corrected chi connectivity index (χ3v) is 12.9. The number of thiophene rings is 1. The summed E-state index contributed by atoms with van der Waals surface area (Å²) in [6.07, 6.45) is 0. The second-order valence-electron chi connectivity index (χ2n) is 14.6. The molecule has 0 saturated heterocycles. The third kappa shape index (κ3) is 4.28. The number of rotatable bonds is 2. The maximum atomic E-state index is 7.65. The first-order valence-corrected chi connectivity index (χ1v) is 19.2. The van der Waals surface area contributed by atoms with Crippen LogP contribution in [0.2, 0.25) is 0 Å². The molecule has 0 fully saturated rings. The summed E-state index contributed by atoms with van der Waals surface area (Å²) < 4.78 is 2.64. The Kier molecular flexibility index (Phi) is 6.10. The minimum Gasteiger partial charge on any atom is -0.239 e. The zero-order valence-electron chi connectivity index (χ0n) is 29.3. The number of hydrogen-bond acceptors (Lipinski definition) is 1. The summed E-state index contributed by atoms with van der Waals surface area (Å²) in [5, 5.41) is 20.0. The Morgan fingerprint density at radius 3 is 1.51 bits per heavy atom. The molecule has 55 heavy (non-hydrogen) atoms. The molecule has 2 nitrogen and oxygen atoms in total. The van der Waals surface area contributed by atoms with Gasteiger partial charge in [-0.15, -0.1) is 11.3 Å². The number of fused-ring (bicyclic) bond motifs is 10. The molecule has 1 aromatic heterocycles. The van der Waals surface area contributed by atoms with E-state index in [1.165, 1.54) is 101 Å². The van der Waals surface area contributed by atoms with Gasteiger partial charge < -0.3 is 0 Å². The molecule has 11 aromatic carbocycles. The lowest BCUT2D eigenvalue weighted by Crippen LogP contribution is -1.90. The van der Waals surface area contributed by atoms with Crippen LogP contribution in [0.3, 0.4) is 0 Å². The Bertz CT molecular complexity index is 3710.